The number of rotatable bonds is 0. The van der Waals surface area contributed by atoms with Crippen LogP contribution in [0.1, 0.15) is 34.6 Å². The molecule has 0 N–H and O–H groups in total. The van der Waals surface area contributed by atoms with Gasteiger partial charge >= 0.3 is 21.7 Å². The number of allylic oxidation sites excluding steroid dienone is 4. The van der Waals surface area contributed by atoms with Crippen molar-refractivity contribution in [3.05, 3.63) is 22.8 Å². The van der Waals surface area contributed by atoms with Gasteiger partial charge < -0.3 is 34.0 Å². The third kappa shape index (κ3) is 4.03. The van der Waals surface area contributed by atoms with Crippen LogP contribution in [0.15, 0.2) is 16.7 Å². The van der Waals surface area contributed by atoms with Crippen LogP contribution in [-0.4, -0.2) is 0 Å². The van der Waals surface area contributed by atoms with Gasteiger partial charge in [0.05, 0.1) is 0 Å². The van der Waals surface area contributed by atoms with Crippen molar-refractivity contribution in [1.82, 2.24) is 0 Å². The number of hydrogen-bond donors (Lipinski definition) is 0. The molecule has 0 aliphatic heterocycles. The van der Waals surface area contributed by atoms with Crippen LogP contribution >= 0.6 is 0 Å². The van der Waals surface area contributed by atoms with Crippen molar-refractivity contribution < 1.29 is 55.7 Å². The Morgan fingerprint density at radius 1 is 1.00 bits per heavy atom. The van der Waals surface area contributed by atoms with E-state index in [0.717, 1.165) is 0 Å². The Balaban J connectivity index is -0.000000333. The molecule has 0 heterocycles. The van der Waals surface area contributed by atoms with Gasteiger partial charge in [0, 0.05) is 0 Å². The first kappa shape index (κ1) is 19.7. The summed E-state index contributed by atoms with van der Waals surface area (Å²) < 4.78 is 0. The average Bonchev–Trinajstić information content (AvgIpc) is 1.95. The number of halogens is 2. The Hall–Kier alpha value is 1.15. The quantitative estimate of drug-likeness (QED) is 0.328. The maximum atomic E-state index is 3.44. The van der Waals surface area contributed by atoms with E-state index >= 15 is 0 Å². The zero-order valence-electron chi connectivity index (χ0n) is 8.76. The van der Waals surface area contributed by atoms with Gasteiger partial charge in [-0.15, -0.1) is 6.92 Å². The molecule has 1 aliphatic carbocycles. The summed E-state index contributed by atoms with van der Waals surface area (Å²) in [4.78, 5) is 0. The fourth-order valence-corrected chi connectivity index (χ4v) is 1.41. The van der Waals surface area contributed by atoms with E-state index < -0.39 is 0 Å². The second-order valence-electron chi connectivity index (χ2n) is 3.62. The summed E-state index contributed by atoms with van der Waals surface area (Å²) in [6.07, 6.45) is 3.44. The van der Waals surface area contributed by atoms with Crippen LogP contribution < -0.4 is 34.0 Å². The summed E-state index contributed by atoms with van der Waals surface area (Å²) in [6, 6.07) is 0. The predicted octanol–water partition coefficient (Wildman–Crippen LogP) is -2.88. The first-order chi connectivity index (χ1) is 4.45. The normalized spacial score (nSPS) is 18.1. The second-order valence-corrected chi connectivity index (χ2v) is 3.62. The average molecular weight is 343 g/mol. The van der Waals surface area contributed by atoms with Crippen molar-refractivity contribution in [1.29, 1.82) is 0 Å². The van der Waals surface area contributed by atoms with Crippen LogP contribution in [0.25, 0.3) is 0 Å². The molecule has 0 saturated heterocycles. The van der Waals surface area contributed by atoms with Crippen LogP contribution in [0, 0.1) is 11.5 Å². The Kier molecular flexibility index (Phi) is 10.00. The van der Waals surface area contributed by atoms with E-state index in [0.29, 0.717) is 0 Å². The molecule has 1 rings (SSSR count). The van der Waals surface area contributed by atoms with Gasteiger partial charge in [-0.1, -0.05) is 33.1 Å². The van der Waals surface area contributed by atoms with E-state index in [1.807, 2.05) is 0 Å². The Morgan fingerprint density at radius 2 is 1.38 bits per heavy atom. The van der Waals surface area contributed by atoms with Crippen molar-refractivity contribution >= 4 is 0 Å². The molecule has 0 spiro atoms. The fraction of sp³-hybridized carbons (Fsp3) is 0.600. The van der Waals surface area contributed by atoms with Gasteiger partial charge in [-0.25, -0.2) is 5.57 Å². The summed E-state index contributed by atoms with van der Waals surface area (Å²) in [5.41, 5.74) is 4.39. The maximum absolute atomic E-state index is 3.44. The van der Waals surface area contributed by atoms with Crippen molar-refractivity contribution in [2.24, 2.45) is 5.41 Å². The van der Waals surface area contributed by atoms with E-state index in [1.165, 1.54) is 16.7 Å². The first-order valence-corrected chi connectivity index (χ1v) is 3.75. The van der Waals surface area contributed by atoms with E-state index in [-0.39, 0.29) is 61.1 Å². The zero-order chi connectivity index (χ0) is 7.94. The van der Waals surface area contributed by atoms with Crippen LogP contribution in [0.4, 0.5) is 0 Å². The minimum absolute atomic E-state index is 0. The molecule has 0 aromatic heterocycles. The molecular formula is C10H15Br2Ti. The monoisotopic (exact) mass is 341 g/mol. The number of hydrogen-bond acceptors (Lipinski definition) is 0. The van der Waals surface area contributed by atoms with Gasteiger partial charge in [0.2, 0.25) is 0 Å². The van der Waals surface area contributed by atoms with Crippen molar-refractivity contribution in [2.45, 2.75) is 34.6 Å². The van der Waals surface area contributed by atoms with E-state index in [1.54, 1.807) is 0 Å². The summed E-state index contributed by atoms with van der Waals surface area (Å²) in [6.45, 7) is 10.9. The maximum Gasteiger partial charge on any atom is 3.00 e. The summed E-state index contributed by atoms with van der Waals surface area (Å²) in [5.74, 6) is 0. The Bertz CT molecular complexity index is 227. The smallest absolute Gasteiger partial charge is 1.00 e. The molecule has 1 radical (unpaired) electrons. The zero-order valence-corrected chi connectivity index (χ0v) is 13.5. The molecule has 0 bridgehead atoms. The standard InChI is InChI=1S/C10H15.2BrH.Ti/c1-7-6-10(4,5)9(3)8(7)2;;;/h1-5H3;2*1H;/q-1;;;+3/p-2. The molecule has 0 fully saturated rings. The first-order valence-electron chi connectivity index (χ1n) is 3.75. The third-order valence-corrected chi connectivity index (χ3v) is 2.56. The molecule has 0 aromatic carbocycles. The summed E-state index contributed by atoms with van der Waals surface area (Å²) >= 11 is 0. The molecule has 0 saturated carbocycles. The van der Waals surface area contributed by atoms with Crippen molar-refractivity contribution in [2.75, 3.05) is 0 Å². The topological polar surface area (TPSA) is 0 Å². The van der Waals surface area contributed by atoms with Gasteiger partial charge in [-0.05, 0) is 0 Å². The minimum Gasteiger partial charge on any atom is -1.00 e. The summed E-state index contributed by atoms with van der Waals surface area (Å²) in [7, 11) is 0. The third-order valence-electron chi connectivity index (χ3n) is 2.56. The van der Waals surface area contributed by atoms with Crippen LogP contribution in [0.3, 0.4) is 0 Å². The molecule has 0 atom stereocenters. The van der Waals surface area contributed by atoms with Crippen LogP contribution in [0.2, 0.25) is 0 Å². The molecule has 3 heteroatoms. The van der Waals surface area contributed by atoms with E-state index in [4.69, 9.17) is 0 Å². The van der Waals surface area contributed by atoms with Gasteiger partial charge in [-0.2, -0.15) is 11.1 Å². The molecular weight excluding hydrogens is 328 g/mol. The van der Waals surface area contributed by atoms with Gasteiger partial charge in [0.25, 0.3) is 0 Å². The molecule has 1 aliphatic rings. The SMILES string of the molecule is CC1=[C-]C(C)(C)C(C)=C1C.[Br-].[Br-].[Ti+3]. The van der Waals surface area contributed by atoms with E-state index in [9.17, 15) is 0 Å². The van der Waals surface area contributed by atoms with Crippen molar-refractivity contribution in [3.8, 4) is 0 Å². The van der Waals surface area contributed by atoms with Crippen LogP contribution in [-0.2, 0) is 21.7 Å². The fourth-order valence-electron chi connectivity index (χ4n) is 1.41. The predicted molar refractivity (Wildman–Crippen MR) is 44.6 cm³/mol. The van der Waals surface area contributed by atoms with Crippen LogP contribution in [0.5, 0.6) is 0 Å². The molecule has 13 heavy (non-hydrogen) atoms. The van der Waals surface area contributed by atoms with Gasteiger partial charge in [-0.3, -0.25) is 6.08 Å². The van der Waals surface area contributed by atoms with Crippen molar-refractivity contribution in [3.63, 3.8) is 0 Å². The Labute approximate surface area is 118 Å². The molecule has 0 aromatic rings. The Morgan fingerprint density at radius 3 is 1.46 bits per heavy atom. The molecule has 0 amide bonds. The molecule has 0 nitrogen and oxygen atoms in total. The largest absolute Gasteiger partial charge is 3.00 e. The minimum atomic E-state index is 0. The van der Waals surface area contributed by atoms with Gasteiger partial charge in [0.1, 0.15) is 0 Å². The second kappa shape index (κ2) is 6.60. The summed E-state index contributed by atoms with van der Waals surface area (Å²) in [5, 5.41) is 0. The molecule has 0 unspecified atom stereocenters. The van der Waals surface area contributed by atoms with E-state index in [2.05, 4.69) is 40.7 Å². The van der Waals surface area contributed by atoms with Gasteiger partial charge in [0.15, 0.2) is 0 Å². The molecule has 73 valence electrons.